The van der Waals surface area contributed by atoms with Gasteiger partial charge in [-0.2, -0.15) is 0 Å². The molecule has 7 heteroatoms. The minimum absolute atomic E-state index is 0.0725. The zero-order valence-electron chi connectivity index (χ0n) is 15.4. The normalized spacial score (nSPS) is 30.3. The maximum absolute atomic E-state index is 12.4. The monoisotopic (exact) mass is 352 g/mol. The van der Waals surface area contributed by atoms with E-state index in [1.807, 2.05) is 0 Å². The number of nitrogens with two attached hydrogens (primary N) is 1. The van der Waals surface area contributed by atoms with Gasteiger partial charge in [-0.25, -0.2) is 0 Å². The molecule has 0 unspecified atom stereocenters. The van der Waals surface area contributed by atoms with Crippen molar-refractivity contribution in [1.82, 2.24) is 5.32 Å². The number of hydrogen-bond acceptors (Lipinski definition) is 6. The molecule has 2 aliphatic rings. The van der Waals surface area contributed by atoms with E-state index in [9.17, 15) is 14.6 Å². The van der Waals surface area contributed by atoms with Crippen LogP contribution in [-0.2, 0) is 14.2 Å². The van der Waals surface area contributed by atoms with E-state index in [1.165, 1.54) is 6.92 Å². The largest absolute Gasteiger partial charge is 0.458 e. The van der Waals surface area contributed by atoms with E-state index in [4.69, 9.17) is 10.4 Å². The smallest absolute Gasteiger partial charge is 0.427 e. The molecule has 4 N–H and O–H groups in total. The molecule has 0 spiro atoms. The van der Waals surface area contributed by atoms with Gasteiger partial charge in [0.25, 0.3) is 0 Å². The fraction of sp³-hybridized carbons (Fsp3) is 0.889. The van der Waals surface area contributed by atoms with Gasteiger partial charge in [-0.3, -0.25) is 9.59 Å². The topological polar surface area (TPSA) is 102 Å². The Bertz CT molecular complexity index is 441. The molecule has 25 heavy (non-hydrogen) atoms. The third-order valence-corrected chi connectivity index (χ3v) is 5.54. The minimum Gasteiger partial charge on any atom is -0.427 e. The van der Waals surface area contributed by atoms with E-state index in [0.29, 0.717) is 37.8 Å². The second-order valence-electron chi connectivity index (χ2n) is 7.80. The van der Waals surface area contributed by atoms with Crippen molar-refractivity contribution >= 4 is 18.7 Å². The van der Waals surface area contributed by atoms with Crippen molar-refractivity contribution in [2.75, 3.05) is 13.1 Å². The molecule has 1 aliphatic heterocycles. The first-order valence-corrected chi connectivity index (χ1v) is 9.76. The highest BCUT2D eigenvalue weighted by Crippen LogP contribution is 2.33. The molecule has 0 aromatic rings. The Labute approximate surface area is 151 Å². The molecule has 2 rings (SSSR count). The number of ketones is 2. The second-order valence-corrected chi connectivity index (χ2v) is 7.80. The third-order valence-electron chi connectivity index (χ3n) is 5.54. The van der Waals surface area contributed by atoms with E-state index in [0.717, 1.165) is 45.1 Å². The van der Waals surface area contributed by atoms with Gasteiger partial charge in [0.15, 0.2) is 0 Å². The number of hydrogen-bond donors (Lipinski definition) is 3. The summed E-state index contributed by atoms with van der Waals surface area (Å²) in [6.45, 7) is 3.06. The molecule has 2 atom stereocenters. The van der Waals surface area contributed by atoms with Crippen LogP contribution in [0.1, 0.15) is 64.7 Å². The van der Waals surface area contributed by atoms with Crippen LogP contribution in [0.3, 0.4) is 0 Å². The zero-order chi connectivity index (χ0) is 18.2. The van der Waals surface area contributed by atoms with Crippen molar-refractivity contribution in [3.63, 3.8) is 0 Å². The molecule has 1 saturated heterocycles. The van der Waals surface area contributed by atoms with Crippen molar-refractivity contribution < 1.29 is 19.3 Å². The summed E-state index contributed by atoms with van der Waals surface area (Å²) >= 11 is 0. The summed E-state index contributed by atoms with van der Waals surface area (Å²) in [6.07, 6.45) is 7.03. The first-order chi connectivity index (χ1) is 12.0. The Balaban J connectivity index is 1.66. The molecular formula is C18H33BN2O4. The van der Waals surface area contributed by atoms with E-state index in [1.54, 1.807) is 0 Å². The molecule has 6 nitrogen and oxygen atoms in total. The first-order valence-electron chi connectivity index (χ1n) is 9.76. The van der Waals surface area contributed by atoms with E-state index in [2.05, 4.69) is 5.32 Å². The van der Waals surface area contributed by atoms with Gasteiger partial charge in [0.2, 0.25) is 0 Å². The maximum atomic E-state index is 12.4. The first kappa shape index (κ1) is 20.6. The van der Waals surface area contributed by atoms with Crippen LogP contribution in [0.15, 0.2) is 0 Å². The molecule has 0 amide bonds. The van der Waals surface area contributed by atoms with Crippen molar-refractivity contribution in [1.29, 1.82) is 0 Å². The fourth-order valence-electron chi connectivity index (χ4n) is 4.15. The molecule has 1 heterocycles. The van der Waals surface area contributed by atoms with Crippen LogP contribution >= 0.6 is 0 Å². The third kappa shape index (κ3) is 7.17. The number of Topliss-reactive ketones (excluding diaryl/α,β-unsaturated/α-hetero) is 2. The highest BCUT2D eigenvalue weighted by Gasteiger charge is 2.36. The van der Waals surface area contributed by atoms with E-state index >= 15 is 0 Å². The van der Waals surface area contributed by atoms with Crippen LogP contribution in [0.4, 0.5) is 0 Å². The quantitative estimate of drug-likeness (QED) is 0.543. The van der Waals surface area contributed by atoms with Gasteiger partial charge in [0.1, 0.15) is 11.6 Å². The zero-order valence-corrected chi connectivity index (χ0v) is 15.4. The summed E-state index contributed by atoms with van der Waals surface area (Å²) < 4.78 is 5.52. The molecule has 0 radical (unpaired) electrons. The van der Waals surface area contributed by atoms with Gasteiger partial charge in [-0.05, 0) is 51.4 Å². The summed E-state index contributed by atoms with van der Waals surface area (Å²) in [6, 6.07) is 0.543. The Morgan fingerprint density at radius 1 is 1.12 bits per heavy atom. The maximum Gasteiger partial charge on any atom is 0.458 e. The summed E-state index contributed by atoms with van der Waals surface area (Å²) in [5.41, 5.74) is 5.52. The minimum atomic E-state index is -0.918. The van der Waals surface area contributed by atoms with Crippen LogP contribution in [0, 0.1) is 5.92 Å². The Morgan fingerprint density at radius 2 is 1.84 bits per heavy atom. The predicted octanol–water partition coefficient (Wildman–Crippen LogP) is 1.45. The Morgan fingerprint density at radius 3 is 2.44 bits per heavy atom. The molecule has 0 bridgehead atoms. The average Bonchev–Trinajstić information content (AvgIpc) is 2.56. The summed E-state index contributed by atoms with van der Waals surface area (Å²) in [4.78, 5) is 23.5. The highest BCUT2D eigenvalue weighted by atomic mass is 16.5. The number of nitrogens with one attached hydrogen (secondary N) is 1. The van der Waals surface area contributed by atoms with E-state index < -0.39 is 7.12 Å². The van der Waals surface area contributed by atoms with Crippen LogP contribution in [0.5, 0.6) is 0 Å². The predicted molar refractivity (Wildman–Crippen MR) is 98.2 cm³/mol. The molecule has 1 saturated carbocycles. The van der Waals surface area contributed by atoms with Crippen LogP contribution in [0.25, 0.3) is 0 Å². The number of carbonyl (C=O) groups is 2. The standard InChI is InChI=1S/C18H33BN2O4/c1-13(22)10-18-7-4-15(19(24)25-18)12-17(23)11-14-2-5-16(6-3-14)21-9-8-20/h14-16,18,21,24H,2-12,20H2,1H3/t14?,15-,16?,18+/m1/s1. The Kier molecular flexibility index (Phi) is 8.56. The van der Waals surface area contributed by atoms with Crippen LogP contribution < -0.4 is 11.1 Å². The van der Waals surface area contributed by atoms with Gasteiger partial charge >= 0.3 is 7.12 Å². The van der Waals surface area contributed by atoms with E-state index in [-0.39, 0.29) is 23.5 Å². The van der Waals surface area contributed by atoms with Gasteiger partial charge in [-0.1, -0.05) is 0 Å². The highest BCUT2D eigenvalue weighted by molar-refractivity contribution is 6.45. The van der Waals surface area contributed by atoms with Gasteiger partial charge in [0.05, 0.1) is 0 Å². The lowest BCUT2D eigenvalue weighted by atomic mass is 9.64. The van der Waals surface area contributed by atoms with Gasteiger partial charge in [0, 0.05) is 50.3 Å². The molecule has 1 aliphatic carbocycles. The fourth-order valence-corrected chi connectivity index (χ4v) is 4.15. The van der Waals surface area contributed by atoms with Gasteiger partial charge in [-0.15, -0.1) is 0 Å². The second kappa shape index (κ2) is 10.4. The summed E-state index contributed by atoms with van der Waals surface area (Å²) in [5.74, 6) is 0.646. The van der Waals surface area contributed by atoms with Crippen LogP contribution in [-0.4, -0.2) is 48.9 Å². The SMILES string of the molecule is CC(=O)C[C@@H]1CC[C@H](CC(=O)CC2CCC(NCCN)CC2)B(O)O1. The van der Waals surface area contributed by atoms with Crippen molar-refractivity contribution in [3.8, 4) is 0 Å². The molecule has 0 aromatic carbocycles. The Hall–Kier alpha value is -0.755. The lowest BCUT2D eigenvalue weighted by Gasteiger charge is -2.31. The van der Waals surface area contributed by atoms with Gasteiger partial charge < -0.3 is 20.7 Å². The van der Waals surface area contributed by atoms with Crippen molar-refractivity contribution in [2.45, 2.75) is 82.7 Å². The molecular weight excluding hydrogens is 319 g/mol. The average molecular weight is 352 g/mol. The summed E-state index contributed by atoms with van der Waals surface area (Å²) in [5, 5.41) is 13.6. The van der Waals surface area contributed by atoms with Crippen molar-refractivity contribution in [2.24, 2.45) is 11.7 Å². The molecule has 142 valence electrons. The lowest BCUT2D eigenvalue weighted by Crippen LogP contribution is -2.38. The van der Waals surface area contributed by atoms with Crippen molar-refractivity contribution in [3.05, 3.63) is 0 Å². The lowest BCUT2D eigenvalue weighted by molar-refractivity contribution is -0.121. The molecule has 0 aromatic heterocycles. The number of rotatable bonds is 9. The van der Waals surface area contributed by atoms with Crippen LogP contribution in [0.2, 0.25) is 5.82 Å². The number of carbonyl (C=O) groups excluding carboxylic acids is 2. The molecule has 2 fully saturated rings. The summed E-state index contributed by atoms with van der Waals surface area (Å²) in [7, 11) is -0.918.